The minimum atomic E-state index is 0.922. The Morgan fingerprint density at radius 2 is 2.13 bits per heavy atom. The molecule has 0 saturated heterocycles. The standard InChI is InChI=1S/C12H14N2O/c1-9-5-4-6-11(12(9)15-3)10-7-13-14(2)8-10/h4-8H,1-3H3. The summed E-state index contributed by atoms with van der Waals surface area (Å²) in [5, 5.41) is 4.16. The summed E-state index contributed by atoms with van der Waals surface area (Å²) in [6, 6.07) is 6.11. The number of methoxy groups -OCH3 is 1. The highest BCUT2D eigenvalue weighted by atomic mass is 16.5. The average molecular weight is 202 g/mol. The first kappa shape index (κ1) is 9.77. The van der Waals surface area contributed by atoms with E-state index in [2.05, 4.69) is 5.10 Å². The molecule has 0 spiro atoms. The predicted octanol–water partition coefficient (Wildman–Crippen LogP) is 2.40. The van der Waals surface area contributed by atoms with Gasteiger partial charge in [-0.25, -0.2) is 0 Å². The average Bonchev–Trinajstić information content (AvgIpc) is 2.64. The van der Waals surface area contributed by atoms with Gasteiger partial charge in [-0.3, -0.25) is 4.68 Å². The number of aryl methyl sites for hydroxylation is 2. The normalized spacial score (nSPS) is 10.3. The van der Waals surface area contributed by atoms with Gasteiger partial charge in [0.25, 0.3) is 0 Å². The quantitative estimate of drug-likeness (QED) is 0.747. The molecule has 1 aromatic carbocycles. The lowest BCUT2D eigenvalue weighted by Crippen LogP contribution is -1.90. The maximum atomic E-state index is 5.40. The summed E-state index contributed by atoms with van der Waals surface area (Å²) in [6.07, 6.45) is 3.83. The Labute approximate surface area is 89.3 Å². The van der Waals surface area contributed by atoms with Crippen molar-refractivity contribution in [1.29, 1.82) is 0 Å². The molecule has 0 aliphatic carbocycles. The molecule has 0 unspecified atom stereocenters. The van der Waals surface area contributed by atoms with Crippen molar-refractivity contribution in [3.05, 3.63) is 36.2 Å². The zero-order valence-electron chi connectivity index (χ0n) is 9.19. The molecule has 2 rings (SSSR count). The number of hydrogen-bond donors (Lipinski definition) is 0. The van der Waals surface area contributed by atoms with Crippen LogP contribution in [0, 0.1) is 6.92 Å². The van der Waals surface area contributed by atoms with Gasteiger partial charge in [-0.15, -0.1) is 0 Å². The van der Waals surface area contributed by atoms with Gasteiger partial charge in [-0.05, 0) is 12.5 Å². The third kappa shape index (κ3) is 1.73. The van der Waals surface area contributed by atoms with Crippen LogP contribution in [-0.4, -0.2) is 16.9 Å². The smallest absolute Gasteiger partial charge is 0.129 e. The SMILES string of the molecule is COc1c(C)cccc1-c1cnn(C)c1. The summed E-state index contributed by atoms with van der Waals surface area (Å²) in [7, 11) is 3.61. The number of para-hydroxylation sites is 1. The summed E-state index contributed by atoms with van der Waals surface area (Å²) in [4.78, 5) is 0. The lowest BCUT2D eigenvalue weighted by Gasteiger charge is -2.09. The first-order valence-corrected chi connectivity index (χ1v) is 4.85. The maximum Gasteiger partial charge on any atom is 0.129 e. The minimum absolute atomic E-state index is 0.922. The number of ether oxygens (including phenoxy) is 1. The van der Waals surface area contributed by atoms with Crippen LogP contribution in [0.25, 0.3) is 11.1 Å². The molecule has 0 N–H and O–H groups in total. The molecule has 15 heavy (non-hydrogen) atoms. The van der Waals surface area contributed by atoms with E-state index >= 15 is 0 Å². The van der Waals surface area contributed by atoms with Gasteiger partial charge in [0.05, 0.1) is 13.3 Å². The van der Waals surface area contributed by atoms with Gasteiger partial charge in [0.2, 0.25) is 0 Å². The molecule has 0 radical (unpaired) electrons. The van der Waals surface area contributed by atoms with Crippen LogP contribution in [-0.2, 0) is 7.05 Å². The van der Waals surface area contributed by atoms with Gasteiger partial charge < -0.3 is 4.74 Å². The largest absolute Gasteiger partial charge is 0.496 e. The molecule has 0 bridgehead atoms. The third-order valence-electron chi connectivity index (χ3n) is 2.43. The number of nitrogens with zero attached hydrogens (tertiary/aromatic N) is 2. The lowest BCUT2D eigenvalue weighted by atomic mass is 10.1. The molecular formula is C12H14N2O. The molecule has 1 aromatic heterocycles. The van der Waals surface area contributed by atoms with Crippen molar-refractivity contribution < 1.29 is 4.74 Å². The molecule has 3 nitrogen and oxygen atoms in total. The van der Waals surface area contributed by atoms with E-state index in [0.29, 0.717) is 0 Å². The fraction of sp³-hybridized carbons (Fsp3) is 0.250. The van der Waals surface area contributed by atoms with Crippen LogP contribution in [0.2, 0.25) is 0 Å². The Morgan fingerprint density at radius 3 is 2.73 bits per heavy atom. The van der Waals surface area contributed by atoms with Crippen molar-refractivity contribution in [2.24, 2.45) is 7.05 Å². The van der Waals surface area contributed by atoms with E-state index in [-0.39, 0.29) is 0 Å². The van der Waals surface area contributed by atoms with E-state index in [0.717, 1.165) is 22.4 Å². The summed E-state index contributed by atoms with van der Waals surface area (Å²) in [5.74, 6) is 0.922. The van der Waals surface area contributed by atoms with Gasteiger partial charge >= 0.3 is 0 Å². The Balaban J connectivity index is 2.57. The van der Waals surface area contributed by atoms with E-state index in [9.17, 15) is 0 Å². The van der Waals surface area contributed by atoms with E-state index in [1.807, 2.05) is 44.6 Å². The van der Waals surface area contributed by atoms with Crippen LogP contribution < -0.4 is 4.74 Å². The highest BCUT2D eigenvalue weighted by Crippen LogP contribution is 2.31. The second-order valence-electron chi connectivity index (χ2n) is 3.56. The number of hydrogen-bond acceptors (Lipinski definition) is 2. The first-order valence-electron chi connectivity index (χ1n) is 4.85. The monoisotopic (exact) mass is 202 g/mol. The van der Waals surface area contributed by atoms with E-state index in [1.54, 1.807) is 11.8 Å². The molecular weight excluding hydrogens is 188 g/mol. The Bertz CT molecular complexity index is 474. The van der Waals surface area contributed by atoms with Gasteiger partial charge in [0, 0.05) is 24.4 Å². The van der Waals surface area contributed by atoms with Gasteiger partial charge in [-0.1, -0.05) is 18.2 Å². The summed E-state index contributed by atoms with van der Waals surface area (Å²) in [6.45, 7) is 2.04. The number of benzene rings is 1. The van der Waals surface area contributed by atoms with E-state index < -0.39 is 0 Å². The van der Waals surface area contributed by atoms with Crippen molar-refractivity contribution in [3.8, 4) is 16.9 Å². The predicted molar refractivity (Wildman–Crippen MR) is 59.9 cm³/mol. The van der Waals surface area contributed by atoms with Crippen molar-refractivity contribution in [2.75, 3.05) is 7.11 Å². The lowest BCUT2D eigenvalue weighted by molar-refractivity contribution is 0.413. The number of aromatic nitrogens is 2. The second-order valence-corrected chi connectivity index (χ2v) is 3.56. The van der Waals surface area contributed by atoms with Crippen LogP contribution in [0.1, 0.15) is 5.56 Å². The summed E-state index contributed by atoms with van der Waals surface area (Å²) < 4.78 is 7.19. The van der Waals surface area contributed by atoms with Crippen molar-refractivity contribution in [3.63, 3.8) is 0 Å². The first-order chi connectivity index (χ1) is 7.22. The van der Waals surface area contributed by atoms with Crippen molar-refractivity contribution in [1.82, 2.24) is 9.78 Å². The molecule has 0 aliphatic heterocycles. The summed E-state index contributed by atoms with van der Waals surface area (Å²) in [5.41, 5.74) is 3.31. The topological polar surface area (TPSA) is 27.1 Å². The zero-order valence-corrected chi connectivity index (χ0v) is 9.19. The summed E-state index contributed by atoms with van der Waals surface area (Å²) >= 11 is 0. The van der Waals surface area contributed by atoms with Gasteiger partial charge in [0.15, 0.2) is 0 Å². The van der Waals surface area contributed by atoms with E-state index in [1.165, 1.54) is 0 Å². The van der Waals surface area contributed by atoms with Crippen LogP contribution in [0.15, 0.2) is 30.6 Å². The highest BCUT2D eigenvalue weighted by Gasteiger charge is 2.08. The molecule has 0 aliphatic rings. The van der Waals surface area contributed by atoms with E-state index in [4.69, 9.17) is 4.74 Å². The van der Waals surface area contributed by atoms with Crippen LogP contribution in [0.3, 0.4) is 0 Å². The molecule has 3 heteroatoms. The fourth-order valence-corrected chi connectivity index (χ4v) is 1.71. The Morgan fingerprint density at radius 1 is 1.33 bits per heavy atom. The molecule has 0 fully saturated rings. The van der Waals surface area contributed by atoms with Crippen LogP contribution >= 0.6 is 0 Å². The third-order valence-corrected chi connectivity index (χ3v) is 2.43. The molecule has 78 valence electrons. The fourth-order valence-electron chi connectivity index (χ4n) is 1.71. The Kier molecular flexibility index (Phi) is 2.46. The maximum absolute atomic E-state index is 5.40. The molecule has 1 heterocycles. The minimum Gasteiger partial charge on any atom is -0.496 e. The molecule has 0 saturated carbocycles. The van der Waals surface area contributed by atoms with Crippen LogP contribution in [0.4, 0.5) is 0 Å². The van der Waals surface area contributed by atoms with Crippen molar-refractivity contribution >= 4 is 0 Å². The Hall–Kier alpha value is -1.77. The molecule has 2 aromatic rings. The zero-order chi connectivity index (χ0) is 10.8. The van der Waals surface area contributed by atoms with Crippen LogP contribution in [0.5, 0.6) is 5.75 Å². The van der Waals surface area contributed by atoms with Gasteiger partial charge in [0.1, 0.15) is 5.75 Å². The number of rotatable bonds is 2. The van der Waals surface area contributed by atoms with Gasteiger partial charge in [-0.2, -0.15) is 5.10 Å². The highest BCUT2D eigenvalue weighted by molar-refractivity contribution is 5.70. The van der Waals surface area contributed by atoms with Crippen molar-refractivity contribution in [2.45, 2.75) is 6.92 Å². The second kappa shape index (κ2) is 3.77. The molecule has 0 atom stereocenters. The molecule has 0 amide bonds.